The largest absolute Gasteiger partial charge is 0.457 e. The van der Waals surface area contributed by atoms with Crippen molar-refractivity contribution >= 4 is 23.6 Å². The Morgan fingerprint density at radius 3 is 2.56 bits per heavy atom. The quantitative estimate of drug-likeness (QED) is 0.266. The summed E-state index contributed by atoms with van der Waals surface area (Å²) in [6.45, 7) is 5.32. The van der Waals surface area contributed by atoms with E-state index in [0.717, 1.165) is 5.56 Å². The van der Waals surface area contributed by atoms with Crippen molar-refractivity contribution in [2.24, 2.45) is 0 Å². The Hall–Kier alpha value is -3.74. The number of non-ortho nitro benzene ring substituents is 1. The first-order chi connectivity index (χ1) is 12.9. The van der Waals surface area contributed by atoms with E-state index in [1.807, 2.05) is 6.92 Å². The summed E-state index contributed by atoms with van der Waals surface area (Å²) in [5.74, 6) is -1.27. The lowest BCUT2D eigenvalue weighted by atomic mass is 10.1. The van der Waals surface area contributed by atoms with Gasteiger partial charge in [0.25, 0.3) is 11.6 Å². The SMILES string of the molecule is C=CCOC(=O)C(=Cc1cccc([N+](=O)[O-])c1)NC(=O)c1ccc(C)cc1. The number of amides is 1. The Balaban J connectivity index is 2.32. The van der Waals surface area contributed by atoms with Crippen LogP contribution in [0.1, 0.15) is 21.5 Å². The third kappa shape index (κ3) is 5.64. The van der Waals surface area contributed by atoms with Crippen LogP contribution in [0.3, 0.4) is 0 Å². The molecule has 2 rings (SSSR count). The molecule has 0 unspecified atom stereocenters. The number of nitro groups is 1. The molecular weight excluding hydrogens is 348 g/mol. The topological polar surface area (TPSA) is 98.5 Å². The number of esters is 1. The molecule has 0 atom stereocenters. The van der Waals surface area contributed by atoms with Gasteiger partial charge in [0, 0.05) is 17.7 Å². The Morgan fingerprint density at radius 2 is 1.93 bits per heavy atom. The van der Waals surface area contributed by atoms with E-state index in [2.05, 4.69) is 11.9 Å². The highest BCUT2D eigenvalue weighted by molar-refractivity contribution is 6.03. The Labute approximate surface area is 156 Å². The molecular formula is C20H18N2O5. The van der Waals surface area contributed by atoms with Crippen LogP contribution in [0, 0.1) is 17.0 Å². The molecule has 0 saturated heterocycles. The van der Waals surface area contributed by atoms with Gasteiger partial charge in [-0.1, -0.05) is 42.5 Å². The van der Waals surface area contributed by atoms with Crippen molar-refractivity contribution in [2.75, 3.05) is 6.61 Å². The molecule has 2 aromatic rings. The number of nitrogens with zero attached hydrogens (tertiary/aromatic N) is 1. The van der Waals surface area contributed by atoms with Crippen LogP contribution >= 0.6 is 0 Å². The van der Waals surface area contributed by atoms with Gasteiger partial charge in [0.1, 0.15) is 12.3 Å². The van der Waals surface area contributed by atoms with E-state index >= 15 is 0 Å². The maximum atomic E-state index is 12.4. The summed E-state index contributed by atoms with van der Waals surface area (Å²) in [5.41, 5.74) is 1.46. The van der Waals surface area contributed by atoms with E-state index in [1.165, 1.54) is 30.4 Å². The maximum Gasteiger partial charge on any atom is 0.355 e. The normalized spacial score (nSPS) is 10.8. The summed E-state index contributed by atoms with van der Waals surface area (Å²) >= 11 is 0. The van der Waals surface area contributed by atoms with Crippen LogP contribution < -0.4 is 5.32 Å². The summed E-state index contributed by atoms with van der Waals surface area (Å²) in [4.78, 5) is 35.1. The van der Waals surface area contributed by atoms with Gasteiger partial charge in [0.15, 0.2) is 0 Å². The minimum absolute atomic E-state index is 0.0362. The highest BCUT2D eigenvalue weighted by Crippen LogP contribution is 2.16. The molecule has 0 fully saturated rings. The molecule has 0 aliphatic carbocycles. The van der Waals surface area contributed by atoms with Crippen LogP contribution in [-0.4, -0.2) is 23.4 Å². The first-order valence-corrected chi connectivity index (χ1v) is 8.03. The fourth-order valence-electron chi connectivity index (χ4n) is 2.15. The molecule has 0 bridgehead atoms. The van der Waals surface area contributed by atoms with Crippen molar-refractivity contribution in [2.45, 2.75) is 6.92 Å². The van der Waals surface area contributed by atoms with Gasteiger partial charge in [-0.05, 0) is 30.7 Å². The molecule has 1 N–H and O–H groups in total. The predicted octanol–water partition coefficient (Wildman–Crippen LogP) is 3.40. The summed E-state index contributed by atoms with van der Waals surface area (Å²) in [5, 5.41) is 13.4. The van der Waals surface area contributed by atoms with Crippen LogP contribution in [0.5, 0.6) is 0 Å². The van der Waals surface area contributed by atoms with Crippen LogP contribution in [0.25, 0.3) is 6.08 Å². The van der Waals surface area contributed by atoms with Crippen molar-refractivity contribution in [3.63, 3.8) is 0 Å². The first-order valence-electron chi connectivity index (χ1n) is 8.03. The highest BCUT2D eigenvalue weighted by atomic mass is 16.6. The van der Waals surface area contributed by atoms with E-state index in [4.69, 9.17) is 4.74 Å². The summed E-state index contributed by atoms with van der Waals surface area (Å²) in [6, 6.07) is 12.5. The number of hydrogen-bond donors (Lipinski definition) is 1. The van der Waals surface area contributed by atoms with Crippen molar-refractivity contribution in [3.05, 3.63) is 93.7 Å². The van der Waals surface area contributed by atoms with Crippen LogP contribution in [0.15, 0.2) is 66.9 Å². The molecule has 0 heterocycles. The van der Waals surface area contributed by atoms with Crippen molar-refractivity contribution in [3.8, 4) is 0 Å². The number of nitrogens with one attached hydrogen (secondary N) is 1. The number of hydrogen-bond acceptors (Lipinski definition) is 5. The molecule has 138 valence electrons. The molecule has 2 aromatic carbocycles. The molecule has 1 amide bonds. The zero-order valence-electron chi connectivity index (χ0n) is 14.7. The fraction of sp³-hybridized carbons (Fsp3) is 0.100. The average molecular weight is 366 g/mol. The first kappa shape index (κ1) is 19.6. The molecule has 0 aliphatic heterocycles. The minimum atomic E-state index is -0.776. The third-order valence-corrected chi connectivity index (χ3v) is 3.51. The smallest absolute Gasteiger partial charge is 0.355 e. The molecule has 0 aromatic heterocycles. The number of rotatable bonds is 7. The van der Waals surface area contributed by atoms with Gasteiger partial charge in [0.2, 0.25) is 0 Å². The van der Waals surface area contributed by atoms with E-state index in [0.29, 0.717) is 11.1 Å². The standard InChI is InChI=1S/C20H18N2O5/c1-3-11-27-20(24)18(13-15-5-4-6-17(12-15)22(25)26)21-19(23)16-9-7-14(2)8-10-16/h3-10,12-13H,1,11H2,2H3,(H,21,23). The van der Waals surface area contributed by atoms with E-state index in [9.17, 15) is 19.7 Å². The average Bonchev–Trinajstić information content (AvgIpc) is 2.66. The van der Waals surface area contributed by atoms with E-state index in [-0.39, 0.29) is 18.0 Å². The number of nitro benzene ring substituents is 1. The zero-order chi connectivity index (χ0) is 19.8. The van der Waals surface area contributed by atoms with Gasteiger partial charge in [0.05, 0.1) is 4.92 Å². The van der Waals surface area contributed by atoms with E-state index in [1.54, 1.807) is 30.3 Å². The Bertz CT molecular complexity index is 901. The van der Waals surface area contributed by atoms with Crippen molar-refractivity contribution in [1.29, 1.82) is 0 Å². The maximum absolute atomic E-state index is 12.4. The number of carbonyl (C=O) groups excluding carboxylic acids is 2. The molecule has 0 radical (unpaired) electrons. The lowest BCUT2D eigenvalue weighted by molar-refractivity contribution is -0.384. The number of benzene rings is 2. The van der Waals surface area contributed by atoms with Gasteiger partial charge in [-0.15, -0.1) is 0 Å². The summed E-state index contributed by atoms with van der Waals surface area (Å²) in [6.07, 6.45) is 2.72. The van der Waals surface area contributed by atoms with Crippen LogP contribution in [-0.2, 0) is 9.53 Å². The fourth-order valence-corrected chi connectivity index (χ4v) is 2.15. The van der Waals surface area contributed by atoms with Gasteiger partial charge in [-0.3, -0.25) is 14.9 Å². The highest BCUT2D eigenvalue weighted by Gasteiger charge is 2.16. The van der Waals surface area contributed by atoms with Gasteiger partial charge >= 0.3 is 5.97 Å². The summed E-state index contributed by atoms with van der Waals surface area (Å²) in [7, 11) is 0. The lowest BCUT2D eigenvalue weighted by Gasteiger charge is -2.10. The van der Waals surface area contributed by atoms with E-state index < -0.39 is 16.8 Å². The van der Waals surface area contributed by atoms with Crippen molar-refractivity contribution in [1.82, 2.24) is 5.32 Å². The summed E-state index contributed by atoms with van der Waals surface area (Å²) < 4.78 is 4.99. The van der Waals surface area contributed by atoms with Crippen molar-refractivity contribution < 1.29 is 19.2 Å². The van der Waals surface area contributed by atoms with Gasteiger partial charge in [-0.25, -0.2) is 4.79 Å². The second kappa shape index (κ2) is 9.10. The monoisotopic (exact) mass is 366 g/mol. The molecule has 0 aliphatic rings. The third-order valence-electron chi connectivity index (χ3n) is 3.51. The number of ether oxygens (including phenoxy) is 1. The second-order valence-corrected chi connectivity index (χ2v) is 5.62. The minimum Gasteiger partial charge on any atom is -0.457 e. The number of aryl methyl sites for hydroxylation is 1. The molecule has 7 heteroatoms. The zero-order valence-corrected chi connectivity index (χ0v) is 14.7. The van der Waals surface area contributed by atoms with Crippen LogP contribution in [0.2, 0.25) is 0 Å². The molecule has 7 nitrogen and oxygen atoms in total. The Kier molecular flexibility index (Phi) is 6.60. The molecule has 27 heavy (non-hydrogen) atoms. The van der Waals surface area contributed by atoms with Gasteiger partial charge in [-0.2, -0.15) is 0 Å². The molecule has 0 saturated carbocycles. The second-order valence-electron chi connectivity index (χ2n) is 5.62. The van der Waals surface area contributed by atoms with Crippen LogP contribution in [0.4, 0.5) is 5.69 Å². The Morgan fingerprint density at radius 1 is 1.22 bits per heavy atom. The lowest BCUT2D eigenvalue weighted by Crippen LogP contribution is -2.28. The number of carbonyl (C=O) groups is 2. The molecule has 0 spiro atoms. The predicted molar refractivity (Wildman–Crippen MR) is 101 cm³/mol. The van der Waals surface area contributed by atoms with Gasteiger partial charge < -0.3 is 10.1 Å².